The lowest BCUT2D eigenvalue weighted by molar-refractivity contribution is -0.149. The smallest absolute Gasteiger partial charge is 0.337 e. The molecule has 1 aliphatic rings. The molecule has 0 bridgehead atoms. The van der Waals surface area contributed by atoms with E-state index in [1.54, 1.807) is 62.4 Å². The third-order valence-corrected chi connectivity index (χ3v) is 4.95. The van der Waals surface area contributed by atoms with Gasteiger partial charge in [0.05, 0.1) is 12.2 Å². The Bertz CT molecular complexity index is 1120. The summed E-state index contributed by atoms with van der Waals surface area (Å²) in [6.45, 7) is 3.40. The summed E-state index contributed by atoms with van der Waals surface area (Å²) in [5, 5.41) is 0.425. The third kappa shape index (κ3) is 2.30. The van der Waals surface area contributed by atoms with E-state index in [-0.39, 0.29) is 23.3 Å². The molecule has 0 radical (unpaired) electrons. The van der Waals surface area contributed by atoms with Crippen molar-refractivity contribution in [2.45, 2.75) is 19.4 Å². The lowest BCUT2D eigenvalue weighted by Crippen LogP contribution is -2.50. The molecule has 0 aliphatic carbocycles. The van der Waals surface area contributed by atoms with E-state index < -0.39 is 17.4 Å². The van der Waals surface area contributed by atoms with Crippen LogP contribution in [0, 0.1) is 0 Å². The molecular formula is C21H18N2O4. The van der Waals surface area contributed by atoms with Crippen molar-refractivity contribution in [1.82, 2.24) is 4.98 Å². The van der Waals surface area contributed by atoms with Crippen LogP contribution in [0.4, 0.5) is 5.69 Å². The highest BCUT2D eigenvalue weighted by Crippen LogP contribution is 2.41. The summed E-state index contributed by atoms with van der Waals surface area (Å²) in [7, 11) is 0. The summed E-state index contributed by atoms with van der Waals surface area (Å²) in [6, 6.07) is 15.8. The molecule has 6 nitrogen and oxygen atoms in total. The number of para-hydroxylation sites is 2. The fraction of sp³-hybridized carbons (Fsp3) is 0.190. The van der Waals surface area contributed by atoms with Gasteiger partial charge in [0.2, 0.25) is 0 Å². The SMILES string of the molecule is CCOC(=O)C1(C)c2c([nH]c3ccccc3c2=O)C(=O)N1c1ccccc1. The van der Waals surface area contributed by atoms with Crippen molar-refractivity contribution >= 4 is 28.5 Å². The molecule has 2 heterocycles. The number of fused-ring (bicyclic) bond motifs is 2. The molecule has 2 aromatic carbocycles. The van der Waals surface area contributed by atoms with Crippen LogP contribution in [-0.4, -0.2) is 23.5 Å². The number of amides is 1. The predicted octanol–water partition coefficient (Wildman–Crippen LogP) is 2.97. The number of aromatic amines is 1. The number of hydrogen-bond acceptors (Lipinski definition) is 4. The summed E-state index contributed by atoms with van der Waals surface area (Å²) in [5.41, 5.74) is -0.586. The van der Waals surface area contributed by atoms with Crippen LogP contribution in [0.5, 0.6) is 0 Å². The monoisotopic (exact) mass is 362 g/mol. The lowest BCUT2D eigenvalue weighted by Gasteiger charge is -2.33. The van der Waals surface area contributed by atoms with Crippen LogP contribution in [0.3, 0.4) is 0 Å². The zero-order valence-electron chi connectivity index (χ0n) is 15.0. The number of anilines is 1. The number of benzene rings is 2. The highest BCUT2D eigenvalue weighted by Gasteiger charge is 2.56. The van der Waals surface area contributed by atoms with Crippen molar-refractivity contribution < 1.29 is 14.3 Å². The van der Waals surface area contributed by atoms with E-state index in [0.717, 1.165) is 0 Å². The van der Waals surface area contributed by atoms with Gasteiger partial charge in [-0.1, -0.05) is 30.3 Å². The molecule has 1 amide bonds. The number of carbonyl (C=O) groups excluding carboxylic acids is 2. The molecule has 6 heteroatoms. The second-order valence-electron chi connectivity index (χ2n) is 6.52. The quantitative estimate of drug-likeness (QED) is 0.727. The Labute approximate surface area is 155 Å². The fourth-order valence-corrected chi connectivity index (χ4v) is 3.70. The normalized spacial score (nSPS) is 18.6. The van der Waals surface area contributed by atoms with Crippen LogP contribution in [0.2, 0.25) is 0 Å². The number of nitrogens with zero attached hydrogens (tertiary/aromatic N) is 1. The van der Waals surface area contributed by atoms with Crippen molar-refractivity contribution in [1.29, 1.82) is 0 Å². The Balaban J connectivity index is 2.07. The van der Waals surface area contributed by atoms with Crippen LogP contribution in [0.25, 0.3) is 10.9 Å². The number of aromatic nitrogens is 1. The third-order valence-electron chi connectivity index (χ3n) is 4.95. The maximum Gasteiger partial charge on any atom is 0.337 e. The van der Waals surface area contributed by atoms with Gasteiger partial charge >= 0.3 is 5.97 Å². The van der Waals surface area contributed by atoms with E-state index in [0.29, 0.717) is 16.6 Å². The first kappa shape index (κ1) is 17.0. The molecule has 27 heavy (non-hydrogen) atoms. The number of rotatable bonds is 3. The van der Waals surface area contributed by atoms with Gasteiger partial charge in [-0.05, 0) is 38.1 Å². The second-order valence-corrected chi connectivity index (χ2v) is 6.52. The van der Waals surface area contributed by atoms with Crippen LogP contribution < -0.4 is 10.3 Å². The molecule has 1 unspecified atom stereocenters. The van der Waals surface area contributed by atoms with Gasteiger partial charge in [-0.15, -0.1) is 0 Å². The predicted molar refractivity (Wildman–Crippen MR) is 102 cm³/mol. The van der Waals surface area contributed by atoms with Gasteiger partial charge in [0.15, 0.2) is 11.0 Å². The Morgan fingerprint density at radius 3 is 2.44 bits per heavy atom. The molecule has 0 saturated heterocycles. The van der Waals surface area contributed by atoms with E-state index >= 15 is 0 Å². The Hall–Kier alpha value is -3.41. The number of ether oxygens (including phenoxy) is 1. The van der Waals surface area contributed by atoms with Gasteiger partial charge in [-0.25, -0.2) is 4.79 Å². The number of pyridine rings is 1. The van der Waals surface area contributed by atoms with E-state index in [1.807, 2.05) is 6.07 Å². The van der Waals surface area contributed by atoms with Crippen molar-refractivity contribution in [3.8, 4) is 0 Å². The van der Waals surface area contributed by atoms with Crippen LogP contribution in [-0.2, 0) is 15.1 Å². The van der Waals surface area contributed by atoms with Crippen molar-refractivity contribution in [2.75, 3.05) is 11.5 Å². The molecule has 1 aliphatic heterocycles. The van der Waals surface area contributed by atoms with Gasteiger partial charge in [-0.2, -0.15) is 0 Å². The molecule has 0 fully saturated rings. The summed E-state index contributed by atoms with van der Waals surface area (Å²) in [6.07, 6.45) is 0. The zero-order chi connectivity index (χ0) is 19.2. The summed E-state index contributed by atoms with van der Waals surface area (Å²) in [4.78, 5) is 43.9. The first-order valence-electron chi connectivity index (χ1n) is 8.72. The standard InChI is InChI=1S/C21H18N2O4/c1-3-27-20(26)21(2)16-17(19(25)23(21)13-9-5-4-6-10-13)22-15-12-8-7-11-14(15)18(16)24/h4-12H,3H2,1-2H3,(H,22,24). The Kier molecular flexibility index (Phi) is 3.84. The average molecular weight is 362 g/mol. The van der Waals surface area contributed by atoms with Crippen LogP contribution in [0.1, 0.15) is 29.9 Å². The molecule has 3 aromatic rings. The van der Waals surface area contributed by atoms with Gasteiger partial charge in [0.1, 0.15) is 5.69 Å². The van der Waals surface area contributed by atoms with E-state index in [9.17, 15) is 14.4 Å². The van der Waals surface area contributed by atoms with Gasteiger partial charge < -0.3 is 9.72 Å². The zero-order valence-corrected chi connectivity index (χ0v) is 15.0. The van der Waals surface area contributed by atoms with Gasteiger partial charge in [0.25, 0.3) is 5.91 Å². The van der Waals surface area contributed by atoms with Crippen molar-refractivity contribution in [3.05, 3.63) is 76.1 Å². The molecule has 0 saturated carbocycles. The fourth-order valence-electron chi connectivity index (χ4n) is 3.70. The Morgan fingerprint density at radius 2 is 1.74 bits per heavy atom. The van der Waals surface area contributed by atoms with Crippen molar-refractivity contribution in [3.63, 3.8) is 0 Å². The molecule has 4 rings (SSSR count). The van der Waals surface area contributed by atoms with Gasteiger partial charge in [0, 0.05) is 16.6 Å². The van der Waals surface area contributed by atoms with Crippen LogP contribution >= 0.6 is 0 Å². The van der Waals surface area contributed by atoms with E-state index in [4.69, 9.17) is 4.74 Å². The maximum atomic E-state index is 13.3. The molecule has 1 aromatic heterocycles. The van der Waals surface area contributed by atoms with Gasteiger partial charge in [-0.3, -0.25) is 14.5 Å². The summed E-state index contributed by atoms with van der Waals surface area (Å²) in [5.74, 6) is -1.07. The molecule has 1 atom stereocenters. The first-order valence-corrected chi connectivity index (χ1v) is 8.72. The first-order chi connectivity index (χ1) is 13.0. The highest BCUT2D eigenvalue weighted by atomic mass is 16.5. The van der Waals surface area contributed by atoms with E-state index in [2.05, 4.69) is 4.98 Å². The number of carbonyl (C=O) groups is 2. The maximum absolute atomic E-state index is 13.3. The minimum absolute atomic E-state index is 0.119. The topological polar surface area (TPSA) is 79.5 Å². The summed E-state index contributed by atoms with van der Waals surface area (Å²) >= 11 is 0. The van der Waals surface area contributed by atoms with Crippen molar-refractivity contribution in [2.24, 2.45) is 0 Å². The minimum Gasteiger partial charge on any atom is -0.464 e. The lowest BCUT2D eigenvalue weighted by atomic mass is 9.91. The molecule has 0 spiro atoms. The second kappa shape index (κ2) is 6.09. The molecular weight excluding hydrogens is 344 g/mol. The number of H-pyrrole nitrogens is 1. The highest BCUT2D eigenvalue weighted by molar-refractivity contribution is 6.16. The average Bonchev–Trinajstić information content (AvgIpc) is 2.91. The Morgan fingerprint density at radius 1 is 1.07 bits per heavy atom. The minimum atomic E-state index is -1.55. The largest absolute Gasteiger partial charge is 0.464 e. The number of nitrogens with one attached hydrogen (secondary N) is 1. The number of hydrogen-bond donors (Lipinski definition) is 1. The summed E-state index contributed by atoms with van der Waals surface area (Å²) < 4.78 is 5.27. The molecule has 136 valence electrons. The van der Waals surface area contributed by atoms with Crippen LogP contribution in [0.15, 0.2) is 59.4 Å². The number of esters is 1. The van der Waals surface area contributed by atoms with E-state index in [1.165, 1.54) is 4.90 Å². The molecule has 1 N–H and O–H groups in total.